The van der Waals surface area contributed by atoms with Gasteiger partial charge >= 0.3 is 0 Å². The van der Waals surface area contributed by atoms with Crippen molar-refractivity contribution in [3.8, 4) is 11.5 Å². The second kappa shape index (κ2) is 5.05. The molecule has 2 rings (SSSR count). The van der Waals surface area contributed by atoms with Crippen molar-refractivity contribution in [3.63, 3.8) is 0 Å². The van der Waals surface area contributed by atoms with Gasteiger partial charge in [0.1, 0.15) is 0 Å². The number of nitrogens with one attached hydrogen (secondary N) is 1. The van der Waals surface area contributed by atoms with E-state index >= 15 is 0 Å². The minimum atomic E-state index is -0.0406. The molecular formula is C12H16N2O3. The van der Waals surface area contributed by atoms with Crippen molar-refractivity contribution in [3.05, 3.63) is 18.2 Å². The fourth-order valence-corrected chi connectivity index (χ4v) is 1.56. The van der Waals surface area contributed by atoms with E-state index in [1.807, 2.05) is 6.92 Å². The molecule has 0 saturated carbocycles. The highest BCUT2D eigenvalue weighted by molar-refractivity contribution is 5.91. The molecule has 1 aliphatic rings. The summed E-state index contributed by atoms with van der Waals surface area (Å²) in [5, 5.41) is 2.80. The number of fused-ring (bicyclic) bond motifs is 1. The summed E-state index contributed by atoms with van der Waals surface area (Å²) in [6, 6.07) is 5.37. The molecule has 17 heavy (non-hydrogen) atoms. The van der Waals surface area contributed by atoms with Gasteiger partial charge in [0, 0.05) is 24.2 Å². The molecule has 0 saturated heterocycles. The maximum absolute atomic E-state index is 11.6. The van der Waals surface area contributed by atoms with E-state index < -0.39 is 0 Å². The molecule has 3 N–H and O–H groups in total. The number of ether oxygens (including phenoxy) is 2. The minimum Gasteiger partial charge on any atom is -0.454 e. The summed E-state index contributed by atoms with van der Waals surface area (Å²) in [6.07, 6.45) is 1.10. The van der Waals surface area contributed by atoms with Gasteiger partial charge in [0.2, 0.25) is 12.7 Å². The van der Waals surface area contributed by atoms with Gasteiger partial charge in [0.15, 0.2) is 11.5 Å². The van der Waals surface area contributed by atoms with Crippen LogP contribution in [0.2, 0.25) is 0 Å². The van der Waals surface area contributed by atoms with E-state index in [-0.39, 0.29) is 18.7 Å². The number of hydrogen-bond acceptors (Lipinski definition) is 4. The van der Waals surface area contributed by atoms with E-state index in [0.717, 1.165) is 0 Å². The highest BCUT2D eigenvalue weighted by atomic mass is 16.7. The van der Waals surface area contributed by atoms with Crippen LogP contribution in [0.5, 0.6) is 11.5 Å². The summed E-state index contributed by atoms with van der Waals surface area (Å²) in [5.41, 5.74) is 6.30. The molecule has 1 aliphatic heterocycles. The number of nitrogens with two attached hydrogens (primary N) is 1. The monoisotopic (exact) mass is 236 g/mol. The molecular weight excluding hydrogens is 220 g/mol. The molecule has 1 atom stereocenters. The molecule has 5 nitrogen and oxygen atoms in total. The zero-order valence-electron chi connectivity index (χ0n) is 9.73. The summed E-state index contributed by atoms with van der Waals surface area (Å²) in [6.45, 7) is 2.12. The normalized spacial score (nSPS) is 14.5. The van der Waals surface area contributed by atoms with Gasteiger partial charge in [-0.3, -0.25) is 4.79 Å². The van der Waals surface area contributed by atoms with E-state index in [0.29, 0.717) is 30.0 Å². The van der Waals surface area contributed by atoms with Crippen LogP contribution in [0.1, 0.15) is 19.8 Å². The Morgan fingerprint density at radius 1 is 1.47 bits per heavy atom. The fraction of sp³-hybridized carbons (Fsp3) is 0.417. The first-order valence-electron chi connectivity index (χ1n) is 5.60. The summed E-state index contributed by atoms with van der Waals surface area (Å²) >= 11 is 0. The SMILES string of the molecule is CC(N)CCC(=O)Nc1ccc2c(c1)OCO2. The van der Waals surface area contributed by atoms with E-state index in [2.05, 4.69) is 5.32 Å². The van der Waals surface area contributed by atoms with Gasteiger partial charge in [0.05, 0.1) is 0 Å². The fourth-order valence-electron chi connectivity index (χ4n) is 1.56. The lowest BCUT2D eigenvalue weighted by atomic mass is 10.2. The van der Waals surface area contributed by atoms with Crippen molar-refractivity contribution in [1.29, 1.82) is 0 Å². The lowest BCUT2D eigenvalue weighted by Crippen LogP contribution is -2.19. The smallest absolute Gasteiger partial charge is 0.231 e. The first-order valence-corrected chi connectivity index (χ1v) is 5.60. The second-order valence-corrected chi connectivity index (χ2v) is 4.13. The molecule has 5 heteroatoms. The molecule has 0 bridgehead atoms. The van der Waals surface area contributed by atoms with Crippen molar-refractivity contribution in [1.82, 2.24) is 0 Å². The Hall–Kier alpha value is -1.75. The molecule has 92 valence electrons. The topological polar surface area (TPSA) is 73.6 Å². The van der Waals surface area contributed by atoms with E-state index in [4.69, 9.17) is 15.2 Å². The highest BCUT2D eigenvalue weighted by Gasteiger charge is 2.14. The number of carbonyl (C=O) groups excluding carboxylic acids is 1. The van der Waals surface area contributed by atoms with Crippen molar-refractivity contribution >= 4 is 11.6 Å². The zero-order chi connectivity index (χ0) is 12.3. The molecule has 0 aliphatic carbocycles. The number of benzene rings is 1. The summed E-state index contributed by atoms with van der Waals surface area (Å²) in [5.74, 6) is 1.33. The van der Waals surface area contributed by atoms with Gasteiger partial charge < -0.3 is 20.5 Å². The number of anilines is 1. The van der Waals surface area contributed by atoms with Crippen molar-refractivity contribution in [2.75, 3.05) is 12.1 Å². The van der Waals surface area contributed by atoms with Gasteiger partial charge in [-0.25, -0.2) is 0 Å². The van der Waals surface area contributed by atoms with Crippen molar-refractivity contribution in [2.24, 2.45) is 5.73 Å². The predicted octanol–water partition coefficient (Wildman–Crippen LogP) is 1.48. The third-order valence-electron chi connectivity index (χ3n) is 2.48. The van der Waals surface area contributed by atoms with Gasteiger partial charge in [-0.15, -0.1) is 0 Å². The Balaban J connectivity index is 1.92. The van der Waals surface area contributed by atoms with Crippen LogP contribution in [-0.4, -0.2) is 18.7 Å². The van der Waals surface area contributed by atoms with Crippen LogP contribution in [0.25, 0.3) is 0 Å². The van der Waals surface area contributed by atoms with Crippen molar-refractivity contribution in [2.45, 2.75) is 25.8 Å². The average Bonchev–Trinajstić information content (AvgIpc) is 2.73. The Morgan fingerprint density at radius 2 is 2.24 bits per heavy atom. The lowest BCUT2D eigenvalue weighted by Gasteiger charge is -2.07. The Morgan fingerprint density at radius 3 is 3.00 bits per heavy atom. The van der Waals surface area contributed by atoms with Crippen LogP contribution < -0.4 is 20.5 Å². The van der Waals surface area contributed by atoms with Crippen LogP contribution in [0.4, 0.5) is 5.69 Å². The van der Waals surface area contributed by atoms with E-state index in [9.17, 15) is 4.79 Å². The maximum Gasteiger partial charge on any atom is 0.231 e. The maximum atomic E-state index is 11.6. The highest BCUT2D eigenvalue weighted by Crippen LogP contribution is 2.34. The van der Waals surface area contributed by atoms with Crippen LogP contribution in [0.3, 0.4) is 0 Å². The van der Waals surface area contributed by atoms with Gasteiger partial charge in [-0.05, 0) is 25.5 Å². The lowest BCUT2D eigenvalue weighted by molar-refractivity contribution is -0.116. The van der Waals surface area contributed by atoms with Crippen molar-refractivity contribution < 1.29 is 14.3 Å². The number of hydrogen-bond donors (Lipinski definition) is 2. The molecule has 0 fully saturated rings. The first kappa shape index (κ1) is 11.7. The van der Waals surface area contributed by atoms with Gasteiger partial charge in [0.25, 0.3) is 0 Å². The minimum absolute atomic E-state index is 0.0394. The zero-order valence-corrected chi connectivity index (χ0v) is 9.73. The molecule has 1 aromatic carbocycles. The number of rotatable bonds is 4. The number of amides is 1. The Kier molecular flexibility index (Phi) is 3.49. The summed E-state index contributed by atoms with van der Waals surface area (Å²) in [4.78, 5) is 11.6. The molecule has 1 unspecified atom stereocenters. The van der Waals surface area contributed by atoms with E-state index in [1.165, 1.54) is 0 Å². The summed E-state index contributed by atoms with van der Waals surface area (Å²) < 4.78 is 10.4. The van der Waals surface area contributed by atoms with E-state index in [1.54, 1.807) is 18.2 Å². The van der Waals surface area contributed by atoms with Crippen LogP contribution in [-0.2, 0) is 4.79 Å². The van der Waals surface area contributed by atoms with Gasteiger partial charge in [-0.2, -0.15) is 0 Å². The quantitative estimate of drug-likeness (QED) is 0.830. The van der Waals surface area contributed by atoms with Gasteiger partial charge in [-0.1, -0.05) is 0 Å². The summed E-state index contributed by atoms with van der Waals surface area (Å²) in [7, 11) is 0. The molecule has 1 amide bonds. The third-order valence-corrected chi connectivity index (χ3v) is 2.48. The standard InChI is InChI=1S/C12H16N2O3/c1-8(13)2-5-12(15)14-9-3-4-10-11(6-9)17-7-16-10/h3-4,6,8H,2,5,7,13H2,1H3,(H,14,15). The molecule has 1 heterocycles. The number of carbonyl (C=O) groups is 1. The molecule has 0 aromatic heterocycles. The van der Waals surface area contributed by atoms with Crippen LogP contribution in [0, 0.1) is 0 Å². The second-order valence-electron chi connectivity index (χ2n) is 4.13. The first-order chi connectivity index (χ1) is 8.15. The molecule has 0 spiro atoms. The van der Waals surface area contributed by atoms with Crippen LogP contribution in [0.15, 0.2) is 18.2 Å². The Labute approximate surface area is 99.9 Å². The largest absolute Gasteiger partial charge is 0.454 e. The molecule has 1 aromatic rings. The van der Waals surface area contributed by atoms with Crippen LogP contribution >= 0.6 is 0 Å². The molecule has 0 radical (unpaired) electrons. The average molecular weight is 236 g/mol. The third kappa shape index (κ3) is 3.10. The predicted molar refractivity (Wildman–Crippen MR) is 64.1 cm³/mol. The Bertz CT molecular complexity index is 418.